The van der Waals surface area contributed by atoms with E-state index in [2.05, 4.69) is 43.5 Å². The van der Waals surface area contributed by atoms with Crippen LogP contribution in [0.1, 0.15) is 450 Å². The van der Waals surface area contributed by atoms with Crippen LogP contribution in [0.15, 0.2) is 36.5 Å². The van der Waals surface area contributed by atoms with Crippen LogP contribution in [0.3, 0.4) is 0 Å². The molecule has 1 amide bonds. The van der Waals surface area contributed by atoms with Gasteiger partial charge in [0.2, 0.25) is 5.91 Å². The van der Waals surface area contributed by atoms with Crippen molar-refractivity contribution < 1.29 is 24.5 Å². The number of hydrogen-bond donors (Lipinski definition) is 3. The Morgan fingerprint density at radius 1 is 0.318 bits per heavy atom. The Hall–Kier alpha value is -1.92. The molecular weight excluding hydrogens is 1080 g/mol. The van der Waals surface area contributed by atoms with Crippen molar-refractivity contribution in [2.75, 3.05) is 13.2 Å². The lowest BCUT2D eigenvalue weighted by Crippen LogP contribution is -2.45. The van der Waals surface area contributed by atoms with Crippen LogP contribution in [0.4, 0.5) is 0 Å². The molecule has 0 heterocycles. The van der Waals surface area contributed by atoms with Gasteiger partial charge in [-0.25, -0.2) is 0 Å². The van der Waals surface area contributed by atoms with Crippen molar-refractivity contribution in [2.45, 2.75) is 463 Å². The number of amides is 1. The predicted molar refractivity (Wildman–Crippen MR) is 389 cm³/mol. The molecule has 0 aromatic carbocycles. The number of allylic oxidation sites excluding steroid dienone is 5. The number of nitrogens with one attached hydrogen (secondary N) is 1. The molecule has 0 aromatic rings. The quantitative estimate of drug-likeness (QED) is 0.0320. The third kappa shape index (κ3) is 73.1. The summed E-state index contributed by atoms with van der Waals surface area (Å²) in [5, 5.41) is 23.3. The van der Waals surface area contributed by atoms with Crippen molar-refractivity contribution in [1.82, 2.24) is 5.32 Å². The summed E-state index contributed by atoms with van der Waals surface area (Å²) in [5.74, 6) is -0.0426. The molecule has 0 saturated heterocycles. The number of hydrogen-bond acceptors (Lipinski definition) is 5. The Morgan fingerprint density at radius 2 is 0.568 bits per heavy atom. The molecule has 0 aliphatic carbocycles. The van der Waals surface area contributed by atoms with E-state index < -0.39 is 12.1 Å². The zero-order valence-corrected chi connectivity index (χ0v) is 59.7. The summed E-state index contributed by atoms with van der Waals surface area (Å²) in [6, 6.07) is -0.628. The molecule has 6 nitrogen and oxygen atoms in total. The topological polar surface area (TPSA) is 95.9 Å². The zero-order chi connectivity index (χ0) is 63.5. The molecule has 0 aliphatic heterocycles. The van der Waals surface area contributed by atoms with E-state index in [9.17, 15) is 19.8 Å². The molecule has 0 spiro atoms. The first-order valence-corrected chi connectivity index (χ1v) is 40.3. The number of rotatable bonds is 76. The summed E-state index contributed by atoms with van der Waals surface area (Å²) in [4.78, 5) is 24.7. The third-order valence-corrected chi connectivity index (χ3v) is 18.9. The van der Waals surface area contributed by atoms with Crippen LogP contribution in [0, 0.1) is 0 Å². The highest BCUT2D eigenvalue weighted by molar-refractivity contribution is 5.76. The minimum atomic E-state index is -0.844. The van der Waals surface area contributed by atoms with Crippen LogP contribution >= 0.6 is 0 Å². The zero-order valence-electron chi connectivity index (χ0n) is 59.7. The Labute approximate surface area is 551 Å². The molecule has 88 heavy (non-hydrogen) atoms. The second-order valence-electron chi connectivity index (χ2n) is 27.8. The summed E-state index contributed by atoms with van der Waals surface area (Å²) in [6.45, 7) is 4.96. The lowest BCUT2D eigenvalue weighted by molar-refractivity contribution is -0.143. The molecule has 520 valence electrons. The highest BCUT2D eigenvalue weighted by Crippen LogP contribution is 2.20. The monoisotopic (exact) mass is 1240 g/mol. The molecule has 0 aromatic heterocycles. The Bertz CT molecular complexity index is 1430. The number of unbranched alkanes of at least 4 members (excludes halogenated alkanes) is 61. The molecule has 0 aliphatic rings. The molecule has 2 atom stereocenters. The number of carbonyl (C=O) groups excluding carboxylic acids is 2. The summed E-state index contributed by atoms with van der Waals surface area (Å²) >= 11 is 0. The first-order valence-electron chi connectivity index (χ1n) is 40.3. The SMILES string of the molecule is CCCCCCCCCCCCCCCCCCCC/C=C/C(O)C(CO)NC(=O)CCCCCCCCCCCCCCCCCCC/C=C\C/C=C\CCCCCCCCCCCOC(=O)CCCCCCCCCCCCCCCCCCCC. The summed E-state index contributed by atoms with van der Waals surface area (Å²) in [6.07, 6.45) is 101. The van der Waals surface area contributed by atoms with Crippen LogP contribution in [-0.4, -0.2) is 47.4 Å². The largest absolute Gasteiger partial charge is 0.466 e. The van der Waals surface area contributed by atoms with E-state index in [1.807, 2.05) is 6.08 Å². The molecule has 0 radical (unpaired) electrons. The van der Waals surface area contributed by atoms with Gasteiger partial charge in [-0.1, -0.05) is 410 Å². The van der Waals surface area contributed by atoms with Gasteiger partial charge in [-0.15, -0.1) is 0 Å². The normalized spacial score (nSPS) is 12.6. The Morgan fingerprint density at radius 3 is 0.864 bits per heavy atom. The fourth-order valence-electron chi connectivity index (χ4n) is 12.8. The maximum atomic E-state index is 12.5. The van der Waals surface area contributed by atoms with Crippen molar-refractivity contribution in [2.24, 2.45) is 0 Å². The van der Waals surface area contributed by atoms with Crippen molar-refractivity contribution >= 4 is 11.9 Å². The van der Waals surface area contributed by atoms with Crippen LogP contribution < -0.4 is 5.32 Å². The van der Waals surface area contributed by atoms with Crippen molar-refractivity contribution in [3.63, 3.8) is 0 Å². The van der Waals surface area contributed by atoms with Gasteiger partial charge in [-0.2, -0.15) is 0 Å². The number of aliphatic hydroxyl groups is 2. The van der Waals surface area contributed by atoms with Crippen LogP contribution in [0.2, 0.25) is 0 Å². The molecule has 0 fully saturated rings. The van der Waals surface area contributed by atoms with Crippen LogP contribution in [0.5, 0.6) is 0 Å². The average molecular weight is 1240 g/mol. The van der Waals surface area contributed by atoms with Crippen LogP contribution in [-0.2, 0) is 14.3 Å². The second-order valence-corrected chi connectivity index (χ2v) is 27.8. The molecule has 0 saturated carbocycles. The van der Waals surface area contributed by atoms with Gasteiger partial charge in [0.25, 0.3) is 0 Å². The maximum absolute atomic E-state index is 12.5. The highest BCUT2D eigenvalue weighted by atomic mass is 16.5. The number of aliphatic hydroxyl groups excluding tert-OH is 2. The van der Waals surface area contributed by atoms with Crippen molar-refractivity contribution in [1.29, 1.82) is 0 Å². The minimum Gasteiger partial charge on any atom is -0.466 e. The fraction of sp³-hybridized carbons (Fsp3) is 0.902. The summed E-state index contributed by atoms with van der Waals surface area (Å²) in [7, 11) is 0. The van der Waals surface area contributed by atoms with Gasteiger partial charge in [0, 0.05) is 12.8 Å². The van der Waals surface area contributed by atoms with Crippen molar-refractivity contribution in [3.8, 4) is 0 Å². The first-order chi connectivity index (χ1) is 43.5. The van der Waals surface area contributed by atoms with E-state index in [1.54, 1.807) is 6.08 Å². The van der Waals surface area contributed by atoms with Gasteiger partial charge < -0.3 is 20.3 Å². The molecule has 3 N–H and O–H groups in total. The summed E-state index contributed by atoms with van der Waals surface area (Å²) in [5.41, 5.74) is 0. The lowest BCUT2D eigenvalue weighted by atomic mass is 10.0. The Kier molecular flexibility index (Phi) is 75.8. The van der Waals surface area contributed by atoms with E-state index in [1.165, 1.54) is 379 Å². The van der Waals surface area contributed by atoms with Gasteiger partial charge in [0.05, 0.1) is 25.4 Å². The summed E-state index contributed by atoms with van der Waals surface area (Å²) < 4.78 is 5.51. The van der Waals surface area contributed by atoms with E-state index in [0.717, 1.165) is 44.9 Å². The predicted octanol–water partition coefficient (Wildman–Crippen LogP) is 26.6. The van der Waals surface area contributed by atoms with Gasteiger partial charge in [-0.3, -0.25) is 9.59 Å². The average Bonchev–Trinajstić information content (AvgIpc) is 3.58. The molecule has 0 bridgehead atoms. The molecule has 0 rings (SSSR count). The second kappa shape index (κ2) is 77.5. The highest BCUT2D eigenvalue weighted by Gasteiger charge is 2.18. The Balaban J connectivity index is 3.38. The van der Waals surface area contributed by atoms with Crippen LogP contribution in [0.25, 0.3) is 0 Å². The number of esters is 1. The first kappa shape index (κ1) is 86.1. The van der Waals surface area contributed by atoms with Gasteiger partial charge in [-0.05, 0) is 64.2 Å². The minimum absolute atomic E-state index is 0.0192. The van der Waals surface area contributed by atoms with E-state index in [-0.39, 0.29) is 18.5 Å². The van der Waals surface area contributed by atoms with Gasteiger partial charge >= 0.3 is 5.97 Å². The van der Waals surface area contributed by atoms with Gasteiger partial charge in [0.15, 0.2) is 0 Å². The lowest BCUT2D eigenvalue weighted by Gasteiger charge is -2.20. The van der Waals surface area contributed by atoms with E-state index in [4.69, 9.17) is 4.74 Å². The van der Waals surface area contributed by atoms with Crippen molar-refractivity contribution in [3.05, 3.63) is 36.5 Å². The third-order valence-electron chi connectivity index (χ3n) is 18.9. The molecule has 2 unspecified atom stereocenters. The smallest absolute Gasteiger partial charge is 0.305 e. The van der Waals surface area contributed by atoms with Gasteiger partial charge in [0.1, 0.15) is 0 Å². The maximum Gasteiger partial charge on any atom is 0.305 e. The standard InChI is InChI=1S/C82H157NO5/c1-3-5-7-9-11-13-15-17-19-21-23-39-42-46-50-54-58-62-66-70-74-80(85)79(78-84)83-81(86)75-71-67-63-59-55-51-47-43-40-37-35-33-31-29-27-25-24-26-28-30-32-34-36-38-41-45-49-53-57-61-65-69-73-77-88-82(87)76-72-68-64-60-56-52-48-44-22-20-18-16-14-12-10-8-6-4-2/h28,30,34,36,70,74,79-80,84-85H,3-27,29,31-33,35,37-69,71-73,75-78H2,1-2H3,(H,83,86)/b30-28-,36-34-,74-70+. The molecule has 6 heteroatoms. The molecular formula is C82H157NO5. The fourth-order valence-corrected chi connectivity index (χ4v) is 12.8. The van der Waals surface area contributed by atoms with E-state index in [0.29, 0.717) is 19.4 Å². The number of ether oxygens (including phenoxy) is 1. The number of carbonyl (C=O) groups is 2. The van der Waals surface area contributed by atoms with E-state index >= 15 is 0 Å².